The van der Waals surface area contributed by atoms with Gasteiger partial charge >= 0.3 is 0 Å². The number of nitrogens with one attached hydrogen (secondary N) is 1. The molecular weight excluding hydrogens is 182 g/mol. The van der Waals surface area contributed by atoms with E-state index in [0.29, 0.717) is 11.5 Å². The Morgan fingerprint density at radius 3 is 2.60 bits per heavy atom. The van der Waals surface area contributed by atoms with Crippen molar-refractivity contribution in [1.82, 2.24) is 5.32 Å². The molecule has 1 aliphatic rings. The van der Waals surface area contributed by atoms with Crippen molar-refractivity contribution in [2.75, 3.05) is 7.05 Å². The van der Waals surface area contributed by atoms with Crippen LogP contribution in [0.3, 0.4) is 0 Å². The highest BCUT2D eigenvalue weighted by Crippen LogP contribution is 2.43. The van der Waals surface area contributed by atoms with Crippen molar-refractivity contribution >= 4 is 0 Å². The zero-order valence-electron chi connectivity index (χ0n) is 10.9. The molecule has 0 bridgehead atoms. The van der Waals surface area contributed by atoms with Crippen LogP contribution >= 0.6 is 0 Å². The Labute approximate surface area is 95.3 Å². The molecule has 0 heterocycles. The monoisotopic (exact) mass is 209 g/mol. The molecule has 2 unspecified atom stereocenters. The Morgan fingerprint density at radius 1 is 1.47 bits per heavy atom. The van der Waals surface area contributed by atoms with Crippen molar-refractivity contribution in [3.8, 4) is 0 Å². The van der Waals surface area contributed by atoms with E-state index < -0.39 is 0 Å². The van der Waals surface area contributed by atoms with Crippen molar-refractivity contribution in [3.05, 3.63) is 12.2 Å². The van der Waals surface area contributed by atoms with Crippen molar-refractivity contribution in [1.29, 1.82) is 0 Å². The summed E-state index contributed by atoms with van der Waals surface area (Å²) in [4.78, 5) is 0. The second-order valence-corrected chi connectivity index (χ2v) is 5.90. The molecule has 1 saturated carbocycles. The minimum absolute atomic E-state index is 0.501. The maximum absolute atomic E-state index is 4.05. The lowest BCUT2D eigenvalue weighted by atomic mass is 9.65. The van der Waals surface area contributed by atoms with Crippen molar-refractivity contribution < 1.29 is 0 Å². The van der Waals surface area contributed by atoms with E-state index in [1.54, 1.807) is 0 Å². The van der Waals surface area contributed by atoms with E-state index in [0.717, 1.165) is 12.3 Å². The molecule has 15 heavy (non-hydrogen) atoms. The smallest absolute Gasteiger partial charge is 0.0134 e. The molecule has 88 valence electrons. The molecule has 0 aromatic carbocycles. The Bertz CT molecular complexity index is 217. The van der Waals surface area contributed by atoms with E-state index in [1.165, 1.54) is 31.3 Å². The van der Waals surface area contributed by atoms with E-state index in [9.17, 15) is 0 Å². The molecule has 0 aromatic rings. The van der Waals surface area contributed by atoms with Crippen LogP contribution in [0.5, 0.6) is 0 Å². The molecule has 0 aromatic heterocycles. The van der Waals surface area contributed by atoms with Crippen LogP contribution in [0, 0.1) is 11.3 Å². The van der Waals surface area contributed by atoms with Gasteiger partial charge in [0.15, 0.2) is 0 Å². The Balaban J connectivity index is 2.68. The SMILES string of the molecule is C=C(C)CC(NC)C1CCCCC1(C)C. The number of hydrogen-bond acceptors (Lipinski definition) is 1. The second kappa shape index (κ2) is 5.16. The topological polar surface area (TPSA) is 12.0 Å². The van der Waals surface area contributed by atoms with Gasteiger partial charge in [0.1, 0.15) is 0 Å². The molecule has 0 spiro atoms. The van der Waals surface area contributed by atoms with E-state index in [1.807, 2.05) is 0 Å². The van der Waals surface area contributed by atoms with Gasteiger partial charge < -0.3 is 5.32 Å². The third kappa shape index (κ3) is 3.34. The van der Waals surface area contributed by atoms with Gasteiger partial charge in [-0.2, -0.15) is 0 Å². The summed E-state index contributed by atoms with van der Waals surface area (Å²) in [6, 6.07) is 0.623. The molecule has 1 rings (SSSR count). The van der Waals surface area contributed by atoms with Gasteiger partial charge in [-0.05, 0) is 44.6 Å². The van der Waals surface area contributed by atoms with Gasteiger partial charge in [0.2, 0.25) is 0 Å². The fourth-order valence-electron chi connectivity index (χ4n) is 3.09. The van der Waals surface area contributed by atoms with Crippen LogP contribution in [0.15, 0.2) is 12.2 Å². The van der Waals surface area contributed by atoms with Crippen LogP contribution in [0.2, 0.25) is 0 Å². The molecule has 0 radical (unpaired) electrons. The summed E-state index contributed by atoms with van der Waals surface area (Å²) in [5.74, 6) is 0.813. The van der Waals surface area contributed by atoms with Crippen LogP contribution in [0.4, 0.5) is 0 Å². The summed E-state index contributed by atoms with van der Waals surface area (Å²) in [6.07, 6.45) is 6.71. The summed E-state index contributed by atoms with van der Waals surface area (Å²) in [6.45, 7) is 11.0. The molecule has 1 fully saturated rings. The van der Waals surface area contributed by atoms with Gasteiger partial charge in [-0.1, -0.05) is 32.3 Å². The first-order chi connectivity index (χ1) is 6.97. The molecule has 2 atom stereocenters. The lowest BCUT2D eigenvalue weighted by molar-refractivity contribution is 0.101. The third-order valence-corrected chi connectivity index (χ3v) is 4.01. The van der Waals surface area contributed by atoms with Crippen LogP contribution in [-0.2, 0) is 0 Å². The molecular formula is C14H27N. The number of rotatable bonds is 4. The van der Waals surface area contributed by atoms with Crippen LogP contribution < -0.4 is 5.32 Å². The highest BCUT2D eigenvalue weighted by atomic mass is 14.9. The van der Waals surface area contributed by atoms with Gasteiger partial charge in [-0.3, -0.25) is 0 Å². The lowest BCUT2D eigenvalue weighted by Gasteiger charge is -2.43. The van der Waals surface area contributed by atoms with Gasteiger partial charge in [-0.25, -0.2) is 0 Å². The predicted octanol–water partition coefficient (Wildman–Crippen LogP) is 3.76. The minimum Gasteiger partial charge on any atom is -0.316 e. The largest absolute Gasteiger partial charge is 0.316 e. The zero-order chi connectivity index (χ0) is 11.5. The Morgan fingerprint density at radius 2 is 2.13 bits per heavy atom. The first-order valence-electron chi connectivity index (χ1n) is 6.29. The summed E-state index contributed by atoms with van der Waals surface area (Å²) < 4.78 is 0. The summed E-state index contributed by atoms with van der Waals surface area (Å²) >= 11 is 0. The van der Waals surface area contributed by atoms with Gasteiger partial charge in [0.05, 0.1) is 0 Å². The van der Waals surface area contributed by atoms with Gasteiger partial charge in [0, 0.05) is 6.04 Å². The van der Waals surface area contributed by atoms with Crippen LogP contribution in [0.1, 0.15) is 52.9 Å². The fraction of sp³-hybridized carbons (Fsp3) is 0.857. The average Bonchev–Trinajstić information content (AvgIpc) is 2.14. The van der Waals surface area contributed by atoms with Crippen molar-refractivity contribution in [2.45, 2.75) is 58.9 Å². The Kier molecular flexibility index (Phi) is 4.39. The van der Waals surface area contributed by atoms with E-state index in [2.05, 4.69) is 39.7 Å². The average molecular weight is 209 g/mol. The molecule has 1 nitrogen and oxygen atoms in total. The molecule has 1 heteroatoms. The molecule has 0 aliphatic heterocycles. The van der Waals surface area contributed by atoms with E-state index >= 15 is 0 Å². The summed E-state index contributed by atoms with van der Waals surface area (Å²) in [5.41, 5.74) is 1.80. The predicted molar refractivity (Wildman–Crippen MR) is 68.0 cm³/mol. The maximum Gasteiger partial charge on any atom is 0.0134 e. The second-order valence-electron chi connectivity index (χ2n) is 5.90. The third-order valence-electron chi connectivity index (χ3n) is 4.01. The Hall–Kier alpha value is -0.300. The normalized spacial score (nSPS) is 27.3. The molecule has 0 amide bonds. The van der Waals surface area contributed by atoms with Gasteiger partial charge in [-0.15, -0.1) is 6.58 Å². The highest BCUT2D eigenvalue weighted by molar-refractivity contribution is 4.98. The zero-order valence-corrected chi connectivity index (χ0v) is 10.9. The van der Waals surface area contributed by atoms with Crippen molar-refractivity contribution in [2.24, 2.45) is 11.3 Å². The van der Waals surface area contributed by atoms with Crippen molar-refractivity contribution in [3.63, 3.8) is 0 Å². The quantitative estimate of drug-likeness (QED) is 0.695. The lowest BCUT2D eigenvalue weighted by Crippen LogP contribution is -2.43. The molecule has 0 saturated heterocycles. The summed E-state index contributed by atoms with van der Waals surface area (Å²) in [7, 11) is 2.10. The molecule has 1 aliphatic carbocycles. The molecule has 1 N–H and O–H groups in total. The number of hydrogen-bond donors (Lipinski definition) is 1. The standard InChI is InChI=1S/C14H27N/c1-11(2)10-13(15-5)12-8-6-7-9-14(12,3)4/h12-13,15H,1,6-10H2,2-5H3. The highest BCUT2D eigenvalue weighted by Gasteiger charge is 2.36. The van der Waals surface area contributed by atoms with E-state index in [-0.39, 0.29) is 0 Å². The fourth-order valence-corrected chi connectivity index (χ4v) is 3.09. The maximum atomic E-state index is 4.05. The first kappa shape index (κ1) is 12.8. The minimum atomic E-state index is 0.501. The van der Waals surface area contributed by atoms with Crippen LogP contribution in [-0.4, -0.2) is 13.1 Å². The summed E-state index contributed by atoms with van der Waals surface area (Å²) in [5, 5.41) is 3.50. The van der Waals surface area contributed by atoms with Crippen LogP contribution in [0.25, 0.3) is 0 Å². The van der Waals surface area contributed by atoms with Gasteiger partial charge in [0.25, 0.3) is 0 Å². The van der Waals surface area contributed by atoms with E-state index in [4.69, 9.17) is 0 Å². The first-order valence-corrected chi connectivity index (χ1v) is 6.29.